The van der Waals surface area contributed by atoms with Crippen LogP contribution < -0.4 is 4.74 Å². The number of fused-ring (bicyclic) bond motifs is 1. The number of rotatable bonds is 4. The molecule has 0 saturated heterocycles. The number of hydrogen-bond donors (Lipinski definition) is 0. The molecule has 2 heterocycles. The highest BCUT2D eigenvalue weighted by Gasteiger charge is 2.17. The molecule has 0 saturated carbocycles. The van der Waals surface area contributed by atoms with Crippen LogP contribution in [-0.4, -0.2) is 21.7 Å². The number of para-hydroxylation sites is 1. The van der Waals surface area contributed by atoms with Gasteiger partial charge in [-0.25, -0.2) is 4.98 Å². The third-order valence-electron chi connectivity index (χ3n) is 3.15. The number of benzene rings is 1. The number of ether oxygens (including phenoxy) is 1. The average molecular weight is 283 g/mol. The van der Waals surface area contributed by atoms with Gasteiger partial charge in [0.05, 0.1) is 17.7 Å². The summed E-state index contributed by atoms with van der Waals surface area (Å²) in [5.41, 5.74) is 1.64. The Hall–Kier alpha value is -2.43. The van der Waals surface area contributed by atoms with E-state index in [1.165, 1.54) is 0 Å². The Balaban J connectivity index is 2.15. The molecule has 0 aliphatic rings. The van der Waals surface area contributed by atoms with Crippen molar-refractivity contribution >= 4 is 10.9 Å². The van der Waals surface area contributed by atoms with Gasteiger partial charge in [-0.1, -0.05) is 37.2 Å². The van der Waals surface area contributed by atoms with Crippen LogP contribution in [0.2, 0.25) is 0 Å². The molecule has 0 amide bonds. The fraction of sp³-hybridized carbons (Fsp3) is 0.312. The zero-order chi connectivity index (χ0) is 14.8. The van der Waals surface area contributed by atoms with E-state index in [0.717, 1.165) is 16.5 Å². The van der Waals surface area contributed by atoms with Crippen LogP contribution in [0.4, 0.5) is 0 Å². The third-order valence-corrected chi connectivity index (χ3v) is 3.15. The number of pyridine rings is 1. The molecule has 3 rings (SSSR count). The van der Waals surface area contributed by atoms with Crippen LogP contribution in [0.25, 0.3) is 22.3 Å². The molecule has 0 atom stereocenters. The van der Waals surface area contributed by atoms with E-state index in [2.05, 4.69) is 15.1 Å². The van der Waals surface area contributed by atoms with Gasteiger partial charge in [0.15, 0.2) is 0 Å². The molecule has 0 spiro atoms. The van der Waals surface area contributed by atoms with Gasteiger partial charge in [-0.15, -0.1) is 0 Å². The summed E-state index contributed by atoms with van der Waals surface area (Å²) in [5.74, 6) is 1.85. The second-order valence-corrected chi connectivity index (χ2v) is 5.08. The van der Waals surface area contributed by atoms with Gasteiger partial charge in [0.2, 0.25) is 17.6 Å². The number of nitrogens with zero attached hydrogens (tertiary/aromatic N) is 3. The lowest BCUT2D eigenvalue weighted by Crippen LogP contribution is -1.98. The Morgan fingerprint density at radius 3 is 2.71 bits per heavy atom. The number of hydrogen-bond acceptors (Lipinski definition) is 5. The number of aromatic nitrogens is 3. The first kappa shape index (κ1) is 13.5. The highest BCUT2D eigenvalue weighted by molar-refractivity contribution is 5.84. The minimum Gasteiger partial charge on any atom is -0.477 e. The van der Waals surface area contributed by atoms with Crippen molar-refractivity contribution in [2.75, 3.05) is 6.61 Å². The summed E-state index contributed by atoms with van der Waals surface area (Å²) >= 11 is 0. The van der Waals surface area contributed by atoms with Crippen LogP contribution in [0.3, 0.4) is 0 Å². The minimum atomic E-state index is 0.190. The second-order valence-electron chi connectivity index (χ2n) is 5.08. The molecule has 0 N–H and O–H groups in total. The van der Waals surface area contributed by atoms with E-state index in [-0.39, 0.29) is 5.92 Å². The summed E-state index contributed by atoms with van der Waals surface area (Å²) in [4.78, 5) is 8.98. The summed E-state index contributed by atoms with van der Waals surface area (Å²) in [7, 11) is 0. The van der Waals surface area contributed by atoms with Gasteiger partial charge in [-0.05, 0) is 19.1 Å². The molecule has 108 valence electrons. The quantitative estimate of drug-likeness (QED) is 0.728. The topological polar surface area (TPSA) is 61.0 Å². The Bertz CT molecular complexity index is 765. The molecular formula is C16H17N3O2. The minimum absolute atomic E-state index is 0.190. The first-order valence-corrected chi connectivity index (χ1v) is 7.05. The van der Waals surface area contributed by atoms with Gasteiger partial charge in [0.1, 0.15) is 0 Å². The van der Waals surface area contributed by atoms with Crippen molar-refractivity contribution in [3.05, 3.63) is 36.2 Å². The molecule has 0 unspecified atom stereocenters. The van der Waals surface area contributed by atoms with Crippen molar-refractivity contribution in [2.24, 2.45) is 0 Å². The average Bonchev–Trinajstić information content (AvgIpc) is 2.97. The van der Waals surface area contributed by atoms with E-state index >= 15 is 0 Å². The van der Waals surface area contributed by atoms with Crippen molar-refractivity contribution in [2.45, 2.75) is 26.7 Å². The Morgan fingerprint density at radius 1 is 1.19 bits per heavy atom. The predicted octanol–water partition coefficient (Wildman–Crippen LogP) is 3.81. The Labute approximate surface area is 123 Å². The van der Waals surface area contributed by atoms with Crippen molar-refractivity contribution < 1.29 is 9.26 Å². The zero-order valence-electron chi connectivity index (χ0n) is 12.3. The van der Waals surface area contributed by atoms with Gasteiger partial charge in [0.25, 0.3) is 0 Å². The third kappa shape index (κ3) is 2.59. The first-order chi connectivity index (χ1) is 10.2. The van der Waals surface area contributed by atoms with Gasteiger partial charge in [0, 0.05) is 11.3 Å². The van der Waals surface area contributed by atoms with Gasteiger partial charge < -0.3 is 9.26 Å². The fourth-order valence-corrected chi connectivity index (χ4v) is 2.08. The highest BCUT2D eigenvalue weighted by atomic mass is 16.5. The smallest absolute Gasteiger partial charge is 0.229 e. The lowest BCUT2D eigenvalue weighted by molar-refractivity contribution is 0.329. The molecular weight excluding hydrogens is 266 g/mol. The summed E-state index contributed by atoms with van der Waals surface area (Å²) < 4.78 is 10.9. The van der Waals surface area contributed by atoms with E-state index in [4.69, 9.17) is 9.26 Å². The molecule has 0 bridgehead atoms. The Kier molecular flexibility index (Phi) is 3.56. The standard InChI is InChI=1S/C16H17N3O2/c1-4-20-16-12(14-18-15(10(2)3)21-19-14)9-11-7-5-6-8-13(11)17-16/h5-10H,4H2,1-3H3. The van der Waals surface area contributed by atoms with Crippen molar-refractivity contribution in [3.8, 4) is 17.3 Å². The summed E-state index contributed by atoms with van der Waals surface area (Å²) in [6.07, 6.45) is 0. The maximum atomic E-state index is 5.64. The van der Waals surface area contributed by atoms with Crippen molar-refractivity contribution in [3.63, 3.8) is 0 Å². The lowest BCUT2D eigenvalue weighted by atomic mass is 10.1. The molecule has 3 aromatic rings. The lowest BCUT2D eigenvalue weighted by Gasteiger charge is -2.08. The molecule has 0 fully saturated rings. The van der Waals surface area contributed by atoms with E-state index in [9.17, 15) is 0 Å². The molecule has 5 heteroatoms. The normalized spacial score (nSPS) is 11.2. The van der Waals surface area contributed by atoms with Gasteiger partial charge in [-0.2, -0.15) is 4.98 Å². The molecule has 2 aromatic heterocycles. The van der Waals surface area contributed by atoms with Crippen LogP contribution >= 0.6 is 0 Å². The first-order valence-electron chi connectivity index (χ1n) is 7.05. The van der Waals surface area contributed by atoms with E-state index < -0.39 is 0 Å². The van der Waals surface area contributed by atoms with Gasteiger partial charge >= 0.3 is 0 Å². The Morgan fingerprint density at radius 2 is 2.00 bits per heavy atom. The van der Waals surface area contributed by atoms with E-state index in [0.29, 0.717) is 24.2 Å². The molecule has 0 aliphatic carbocycles. The zero-order valence-corrected chi connectivity index (χ0v) is 12.3. The molecule has 1 aromatic carbocycles. The molecule has 0 radical (unpaired) electrons. The van der Waals surface area contributed by atoms with Crippen LogP contribution in [0.5, 0.6) is 5.88 Å². The van der Waals surface area contributed by atoms with Crippen molar-refractivity contribution in [1.29, 1.82) is 0 Å². The van der Waals surface area contributed by atoms with Crippen LogP contribution in [0, 0.1) is 0 Å². The SMILES string of the molecule is CCOc1nc2ccccc2cc1-c1noc(C(C)C)n1. The second kappa shape index (κ2) is 5.52. The maximum absolute atomic E-state index is 5.64. The summed E-state index contributed by atoms with van der Waals surface area (Å²) in [6.45, 7) is 6.49. The highest BCUT2D eigenvalue weighted by Crippen LogP contribution is 2.30. The summed E-state index contributed by atoms with van der Waals surface area (Å²) in [5, 5.41) is 5.07. The van der Waals surface area contributed by atoms with Crippen LogP contribution in [-0.2, 0) is 0 Å². The van der Waals surface area contributed by atoms with E-state index in [1.807, 2.05) is 51.1 Å². The molecule has 5 nitrogen and oxygen atoms in total. The molecule has 0 aliphatic heterocycles. The fourth-order valence-electron chi connectivity index (χ4n) is 2.08. The van der Waals surface area contributed by atoms with Crippen molar-refractivity contribution in [1.82, 2.24) is 15.1 Å². The largest absolute Gasteiger partial charge is 0.477 e. The van der Waals surface area contributed by atoms with Crippen LogP contribution in [0.1, 0.15) is 32.6 Å². The monoisotopic (exact) mass is 283 g/mol. The predicted molar refractivity (Wildman–Crippen MR) is 80.3 cm³/mol. The van der Waals surface area contributed by atoms with Crippen LogP contribution in [0.15, 0.2) is 34.9 Å². The maximum Gasteiger partial charge on any atom is 0.229 e. The van der Waals surface area contributed by atoms with Gasteiger partial charge in [-0.3, -0.25) is 0 Å². The van der Waals surface area contributed by atoms with E-state index in [1.54, 1.807) is 0 Å². The summed E-state index contributed by atoms with van der Waals surface area (Å²) in [6, 6.07) is 9.88. The molecule has 21 heavy (non-hydrogen) atoms.